The lowest BCUT2D eigenvalue weighted by Crippen LogP contribution is -2.51. The number of carbonyl (C=O) groups excluding carboxylic acids is 1. The predicted molar refractivity (Wildman–Crippen MR) is 86.8 cm³/mol. The summed E-state index contributed by atoms with van der Waals surface area (Å²) < 4.78 is 11.7. The van der Waals surface area contributed by atoms with Gasteiger partial charge < -0.3 is 19.5 Å². The van der Waals surface area contributed by atoms with Crippen LogP contribution in [0.3, 0.4) is 0 Å². The number of phenolic OH excluding ortho intramolecular Hbond substituents is 1. The predicted octanol–water partition coefficient (Wildman–Crippen LogP) is 3.49. The van der Waals surface area contributed by atoms with E-state index in [4.69, 9.17) is 9.47 Å². The zero-order valence-corrected chi connectivity index (χ0v) is 14.1. The molecule has 5 heteroatoms. The van der Waals surface area contributed by atoms with Crippen LogP contribution in [0.5, 0.6) is 11.5 Å². The third-order valence-electron chi connectivity index (χ3n) is 4.59. The smallest absolute Gasteiger partial charge is 0.410 e. The molecular formula is C18H25NO4. The molecule has 0 unspecified atom stereocenters. The molecule has 1 fully saturated rings. The number of benzene rings is 1. The minimum absolute atomic E-state index is 0.223. The summed E-state index contributed by atoms with van der Waals surface area (Å²) in [6.07, 6.45) is 3.03. The Labute approximate surface area is 137 Å². The summed E-state index contributed by atoms with van der Waals surface area (Å²) in [5.74, 6) is 1.09. The van der Waals surface area contributed by atoms with E-state index in [0.29, 0.717) is 18.8 Å². The second-order valence-electron chi connectivity index (χ2n) is 7.51. The first-order valence-electron chi connectivity index (χ1n) is 8.26. The first kappa shape index (κ1) is 16.0. The van der Waals surface area contributed by atoms with E-state index in [1.54, 1.807) is 11.0 Å². The van der Waals surface area contributed by atoms with Crippen LogP contribution in [-0.2, 0) is 11.2 Å². The van der Waals surface area contributed by atoms with Gasteiger partial charge in [0.05, 0.1) is 0 Å². The number of amides is 1. The average Bonchev–Trinajstić information content (AvgIpc) is 2.46. The Bertz CT molecular complexity index is 598. The molecule has 2 aliphatic heterocycles. The van der Waals surface area contributed by atoms with Gasteiger partial charge in [-0.05, 0) is 45.7 Å². The van der Waals surface area contributed by atoms with Gasteiger partial charge >= 0.3 is 6.09 Å². The molecule has 1 spiro atoms. The Hall–Kier alpha value is -1.91. The van der Waals surface area contributed by atoms with Gasteiger partial charge in [0.25, 0.3) is 0 Å². The van der Waals surface area contributed by atoms with Crippen molar-refractivity contribution in [2.75, 3.05) is 13.1 Å². The van der Waals surface area contributed by atoms with E-state index < -0.39 is 5.60 Å². The van der Waals surface area contributed by atoms with Crippen molar-refractivity contribution in [1.82, 2.24) is 4.90 Å². The van der Waals surface area contributed by atoms with Gasteiger partial charge in [-0.3, -0.25) is 0 Å². The van der Waals surface area contributed by atoms with E-state index in [-0.39, 0.29) is 11.7 Å². The lowest BCUT2D eigenvalue weighted by atomic mass is 9.83. The number of ether oxygens (including phenoxy) is 2. The molecule has 126 valence electrons. The highest BCUT2D eigenvalue weighted by Crippen LogP contribution is 2.42. The van der Waals surface area contributed by atoms with Gasteiger partial charge in [0, 0.05) is 31.5 Å². The van der Waals surface area contributed by atoms with E-state index in [0.717, 1.165) is 37.0 Å². The standard InChI is InChI=1S/C18H25NO4/c1-17(2,3)23-16(21)19-11-9-18(10-12-19)8-7-13-14(20)5-4-6-15(13)22-18/h4-6,20H,7-12H2,1-3H3. The van der Waals surface area contributed by atoms with E-state index in [9.17, 15) is 9.90 Å². The highest BCUT2D eigenvalue weighted by Gasteiger charge is 2.41. The first-order chi connectivity index (χ1) is 10.8. The lowest BCUT2D eigenvalue weighted by molar-refractivity contribution is -0.0274. The van der Waals surface area contributed by atoms with E-state index in [1.165, 1.54) is 0 Å². The van der Waals surface area contributed by atoms with Crippen LogP contribution in [0.25, 0.3) is 0 Å². The van der Waals surface area contributed by atoms with Crippen molar-refractivity contribution in [3.8, 4) is 11.5 Å². The van der Waals surface area contributed by atoms with E-state index in [2.05, 4.69) is 0 Å². The summed E-state index contributed by atoms with van der Waals surface area (Å²) in [4.78, 5) is 13.9. The quantitative estimate of drug-likeness (QED) is 0.795. The largest absolute Gasteiger partial charge is 0.508 e. The van der Waals surface area contributed by atoms with Gasteiger partial charge in [0.2, 0.25) is 0 Å². The number of rotatable bonds is 0. The van der Waals surface area contributed by atoms with Crippen LogP contribution in [0, 0.1) is 0 Å². The number of hydrogen-bond acceptors (Lipinski definition) is 4. The third kappa shape index (κ3) is 3.38. The highest BCUT2D eigenvalue weighted by molar-refractivity contribution is 5.68. The fourth-order valence-corrected chi connectivity index (χ4v) is 3.31. The Morgan fingerprint density at radius 2 is 1.96 bits per heavy atom. The zero-order valence-electron chi connectivity index (χ0n) is 14.1. The molecule has 1 saturated heterocycles. The van der Waals surface area contributed by atoms with Gasteiger partial charge in [-0.2, -0.15) is 0 Å². The topological polar surface area (TPSA) is 59.0 Å². The molecule has 0 atom stereocenters. The number of hydrogen-bond donors (Lipinski definition) is 1. The van der Waals surface area contributed by atoms with Gasteiger partial charge in [-0.25, -0.2) is 4.79 Å². The molecule has 0 aromatic heterocycles. The molecule has 2 aliphatic rings. The van der Waals surface area contributed by atoms with Crippen LogP contribution in [0.15, 0.2) is 18.2 Å². The molecule has 1 amide bonds. The molecule has 0 radical (unpaired) electrons. The average molecular weight is 319 g/mol. The van der Waals surface area contributed by atoms with Crippen LogP contribution in [-0.4, -0.2) is 40.4 Å². The molecular weight excluding hydrogens is 294 g/mol. The molecule has 2 heterocycles. The molecule has 5 nitrogen and oxygen atoms in total. The number of aromatic hydroxyl groups is 1. The second kappa shape index (κ2) is 5.62. The van der Waals surface area contributed by atoms with Crippen molar-refractivity contribution in [1.29, 1.82) is 0 Å². The number of phenols is 1. The second-order valence-corrected chi connectivity index (χ2v) is 7.51. The molecule has 0 bridgehead atoms. The van der Waals surface area contributed by atoms with Crippen molar-refractivity contribution >= 4 is 6.09 Å². The van der Waals surface area contributed by atoms with Crippen molar-refractivity contribution in [2.24, 2.45) is 0 Å². The van der Waals surface area contributed by atoms with Crippen molar-refractivity contribution in [3.63, 3.8) is 0 Å². The number of fused-ring (bicyclic) bond motifs is 1. The molecule has 0 aliphatic carbocycles. The Balaban J connectivity index is 1.64. The van der Waals surface area contributed by atoms with E-state index in [1.807, 2.05) is 32.9 Å². The molecule has 0 saturated carbocycles. The first-order valence-corrected chi connectivity index (χ1v) is 8.26. The lowest BCUT2D eigenvalue weighted by Gasteiger charge is -2.44. The SMILES string of the molecule is CC(C)(C)OC(=O)N1CCC2(CCc3c(O)cccc3O2)CC1. The van der Waals surface area contributed by atoms with Crippen LogP contribution >= 0.6 is 0 Å². The van der Waals surface area contributed by atoms with Gasteiger partial charge in [0.15, 0.2) is 0 Å². The summed E-state index contributed by atoms with van der Waals surface area (Å²) in [6, 6.07) is 5.42. The van der Waals surface area contributed by atoms with E-state index >= 15 is 0 Å². The molecule has 1 aromatic rings. The van der Waals surface area contributed by atoms with Crippen molar-refractivity contribution in [3.05, 3.63) is 23.8 Å². The summed E-state index contributed by atoms with van der Waals surface area (Å²) in [5.41, 5.74) is 0.205. The molecule has 1 N–H and O–H groups in total. The van der Waals surface area contributed by atoms with Crippen LogP contribution in [0.2, 0.25) is 0 Å². The molecule has 3 rings (SSSR count). The maximum Gasteiger partial charge on any atom is 0.410 e. The van der Waals surface area contributed by atoms with Crippen LogP contribution < -0.4 is 4.74 Å². The fraction of sp³-hybridized carbons (Fsp3) is 0.611. The number of piperidine rings is 1. The third-order valence-corrected chi connectivity index (χ3v) is 4.59. The Kier molecular flexibility index (Phi) is 3.90. The van der Waals surface area contributed by atoms with Gasteiger partial charge in [-0.1, -0.05) is 6.07 Å². The van der Waals surface area contributed by atoms with Crippen molar-refractivity contribution < 1.29 is 19.4 Å². The normalized spacial score (nSPS) is 19.9. The number of nitrogens with zero attached hydrogens (tertiary/aromatic N) is 1. The van der Waals surface area contributed by atoms with Crippen LogP contribution in [0.1, 0.15) is 45.6 Å². The molecule has 23 heavy (non-hydrogen) atoms. The summed E-state index contributed by atoms with van der Waals surface area (Å²) in [5, 5.41) is 9.92. The Morgan fingerprint density at radius 3 is 2.61 bits per heavy atom. The zero-order chi connectivity index (χ0) is 16.7. The van der Waals surface area contributed by atoms with Gasteiger partial charge in [-0.15, -0.1) is 0 Å². The minimum atomic E-state index is -0.468. The monoisotopic (exact) mass is 319 g/mol. The minimum Gasteiger partial charge on any atom is -0.508 e. The highest BCUT2D eigenvalue weighted by atomic mass is 16.6. The summed E-state index contributed by atoms with van der Waals surface area (Å²) in [6.45, 7) is 6.92. The summed E-state index contributed by atoms with van der Waals surface area (Å²) in [7, 11) is 0. The number of carbonyl (C=O) groups is 1. The van der Waals surface area contributed by atoms with Crippen molar-refractivity contribution in [2.45, 2.75) is 57.7 Å². The summed E-state index contributed by atoms with van der Waals surface area (Å²) >= 11 is 0. The Morgan fingerprint density at radius 1 is 1.26 bits per heavy atom. The number of likely N-dealkylation sites (tertiary alicyclic amines) is 1. The maximum absolute atomic E-state index is 12.2. The fourth-order valence-electron chi connectivity index (χ4n) is 3.31. The van der Waals surface area contributed by atoms with Crippen LogP contribution in [0.4, 0.5) is 4.79 Å². The molecule has 1 aromatic carbocycles. The maximum atomic E-state index is 12.2. The van der Waals surface area contributed by atoms with Gasteiger partial charge in [0.1, 0.15) is 22.7 Å².